The van der Waals surface area contributed by atoms with Crippen molar-refractivity contribution in [1.29, 1.82) is 0 Å². The molecule has 3 aromatic carbocycles. The van der Waals surface area contributed by atoms with E-state index in [1.54, 1.807) is 30.3 Å². The Balaban J connectivity index is 1.89. The summed E-state index contributed by atoms with van der Waals surface area (Å²) in [6.07, 6.45) is 0. The average molecular weight is 383 g/mol. The monoisotopic (exact) mass is 383 g/mol. The molecule has 0 radical (unpaired) electrons. The molecule has 4 rings (SSSR count). The van der Waals surface area contributed by atoms with E-state index in [-0.39, 0.29) is 10.0 Å². The summed E-state index contributed by atoms with van der Waals surface area (Å²) in [6.45, 7) is 5.76. The number of carbonyl (C=O) groups excluding carboxylic acids is 1. The zero-order valence-electron chi connectivity index (χ0n) is 14.6. The van der Waals surface area contributed by atoms with Gasteiger partial charge < -0.3 is 0 Å². The van der Waals surface area contributed by atoms with Crippen molar-refractivity contribution in [1.82, 2.24) is 0 Å². The van der Waals surface area contributed by atoms with Crippen molar-refractivity contribution in [3.05, 3.63) is 64.7 Å². The van der Waals surface area contributed by atoms with E-state index in [9.17, 15) is 13.2 Å². The predicted molar refractivity (Wildman–Crippen MR) is 106 cm³/mol. The van der Waals surface area contributed by atoms with Gasteiger partial charge in [-0.05, 0) is 61.9 Å². The second-order valence-corrected chi connectivity index (χ2v) is 9.22. The van der Waals surface area contributed by atoms with Crippen LogP contribution in [0.4, 0.5) is 5.69 Å². The van der Waals surface area contributed by atoms with Gasteiger partial charge >= 0.3 is 0 Å². The zero-order valence-corrected chi connectivity index (χ0v) is 16.2. The highest BCUT2D eigenvalue weighted by Gasteiger charge is 2.27. The Morgan fingerprint density at radius 2 is 1.65 bits per heavy atom. The fraction of sp³-hybridized carbons (Fsp3) is 0.150. The summed E-state index contributed by atoms with van der Waals surface area (Å²) in [5, 5.41) is 1.26. The molecule has 6 heteroatoms. The fourth-order valence-electron chi connectivity index (χ4n) is 3.52. The number of thioether (sulfide) groups is 1. The van der Waals surface area contributed by atoms with E-state index in [4.69, 9.17) is 0 Å². The summed E-state index contributed by atoms with van der Waals surface area (Å²) >= 11 is 1.15. The third-order valence-electron chi connectivity index (χ3n) is 4.59. The Hall–Kier alpha value is -2.31. The molecule has 0 aromatic heterocycles. The normalized spacial score (nSPS) is 13.4. The Kier molecular flexibility index (Phi) is 3.86. The Bertz CT molecular complexity index is 1170. The van der Waals surface area contributed by atoms with Crippen LogP contribution in [0.3, 0.4) is 0 Å². The number of sulfonamides is 1. The van der Waals surface area contributed by atoms with Gasteiger partial charge in [-0.3, -0.25) is 9.52 Å². The van der Waals surface area contributed by atoms with Gasteiger partial charge in [0, 0.05) is 21.2 Å². The van der Waals surface area contributed by atoms with Gasteiger partial charge in [-0.15, -0.1) is 0 Å². The molecule has 1 N–H and O–H groups in total. The lowest BCUT2D eigenvalue weighted by Crippen LogP contribution is -2.15. The first-order valence-corrected chi connectivity index (χ1v) is 10.5. The number of anilines is 1. The van der Waals surface area contributed by atoms with Crippen molar-refractivity contribution in [3.8, 4) is 0 Å². The maximum absolute atomic E-state index is 13.1. The zero-order chi connectivity index (χ0) is 18.6. The van der Waals surface area contributed by atoms with Gasteiger partial charge in [-0.1, -0.05) is 29.8 Å². The quantitative estimate of drug-likeness (QED) is 0.705. The number of aryl methyl sites for hydroxylation is 3. The first-order valence-electron chi connectivity index (χ1n) is 8.16. The molecule has 4 nitrogen and oxygen atoms in total. The highest BCUT2D eigenvalue weighted by atomic mass is 32.2. The summed E-state index contributed by atoms with van der Waals surface area (Å²) in [6, 6.07) is 12.4. The molecule has 0 fully saturated rings. The molecule has 1 aliphatic heterocycles. The minimum atomic E-state index is -3.79. The van der Waals surface area contributed by atoms with Crippen LogP contribution in [0.2, 0.25) is 0 Å². The van der Waals surface area contributed by atoms with Crippen LogP contribution in [0.5, 0.6) is 0 Å². The van der Waals surface area contributed by atoms with E-state index in [1.807, 2.05) is 32.9 Å². The fourth-order valence-corrected chi connectivity index (χ4v) is 5.87. The van der Waals surface area contributed by atoms with Crippen molar-refractivity contribution in [2.75, 3.05) is 4.72 Å². The molecular weight excluding hydrogens is 366 g/mol. The number of benzene rings is 3. The Morgan fingerprint density at radius 3 is 2.35 bits per heavy atom. The topological polar surface area (TPSA) is 63.2 Å². The predicted octanol–water partition coefficient (Wildman–Crippen LogP) is 4.81. The molecule has 3 aromatic rings. The van der Waals surface area contributed by atoms with Gasteiger partial charge in [0.25, 0.3) is 10.0 Å². The summed E-state index contributed by atoms with van der Waals surface area (Å²) in [5.41, 5.74) is 4.01. The van der Waals surface area contributed by atoms with E-state index in [0.717, 1.165) is 38.7 Å². The second-order valence-electron chi connectivity index (χ2n) is 6.56. The maximum Gasteiger partial charge on any atom is 0.262 e. The van der Waals surface area contributed by atoms with Gasteiger partial charge in [0.1, 0.15) is 0 Å². The highest BCUT2D eigenvalue weighted by Crippen LogP contribution is 2.42. The minimum Gasteiger partial charge on any atom is -0.281 e. The van der Waals surface area contributed by atoms with Gasteiger partial charge in [0.15, 0.2) is 0 Å². The molecule has 0 unspecified atom stereocenters. The molecule has 0 spiro atoms. The van der Waals surface area contributed by atoms with E-state index in [1.165, 1.54) is 0 Å². The Labute approximate surface area is 156 Å². The van der Waals surface area contributed by atoms with Crippen LogP contribution in [0.25, 0.3) is 10.8 Å². The molecular formula is C20H17NO3S2. The highest BCUT2D eigenvalue weighted by molar-refractivity contribution is 8.14. The molecule has 0 bridgehead atoms. The lowest BCUT2D eigenvalue weighted by molar-refractivity contribution is 0.109. The van der Waals surface area contributed by atoms with E-state index in [0.29, 0.717) is 16.6 Å². The SMILES string of the molecule is Cc1cc(C)c(NS(=O)(=O)c2ccc3c4c(cccc24)C(=O)S3)c(C)c1. The molecule has 0 saturated heterocycles. The number of rotatable bonds is 3. The second kappa shape index (κ2) is 5.86. The van der Waals surface area contributed by atoms with Gasteiger partial charge in [-0.25, -0.2) is 8.42 Å². The van der Waals surface area contributed by atoms with Crippen LogP contribution in [-0.2, 0) is 10.0 Å². The Morgan fingerprint density at radius 1 is 0.962 bits per heavy atom. The largest absolute Gasteiger partial charge is 0.281 e. The first kappa shape index (κ1) is 17.1. The minimum absolute atomic E-state index is 0.0432. The number of hydrogen-bond acceptors (Lipinski definition) is 4. The number of nitrogens with one attached hydrogen (secondary N) is 1. The van der Waals surface area contributed by atoms with E-state index >= 15 is 0 Å². The van der Waals surface area contributed by atoms with Crippen LogP contribution >= 0.6 is 11.8 Å². The molecule has 26 heavy (non-hydrogen) atoms. The van der Waals surface area contributed by atoms with Gasteiger partial charge in [-0.2, -0.15) is 0 Å². The van der Waals surface area contributed by atoms with E-state index < -0.39 is 10.0 Å². The third-order valence-corrected chi connectivity index (χ3v) is 6.96. The third kappa shape index (κ3) is 2.61. The molecule has 1 heterocycles. The first-order chi connectivity index (χ1) is 12.3. The van der Waals surface area contributed by atoms with Crippen LogP contribution in [0, 0.1) is 20.8 Å². The van der Waals surface area contributed by atoms with Crippen LogP contribution in [-0.4, -0.2) is 13.5 Å². The molecule has 0 saturated carbocycles. The smallest absolute Gasteiger partial charge is 0.262 e. The van der Waals surface area contributed by atoms with E-state index in [2.05, 4.69) is 4.72 Å². The average Bonchev–Trinajstić information content (AvgIpc) is 2.89. The van der Waals surface area contributed by atoms with Crippen molar-refractivity contribution in [2.24, 2.45) is 0 Å². The summed E-state index contributed by atoms with van der Waals surface area (Å²) in [5.74, 6) is 0. The van der Waals surface area contributed by atoms with Gasteiger partial charge in [0.05, 0.1) is 10.6 Å². The van der Waals surface area contributed by atoms with Crippen molar-refractivity contribution < 1.29 is 13.2 Å². The lowest BCUT2D eigenvalue weighted by atomic mass is 10.1. The van der Waals surface area contributed by atoms with Gasteiger partial charge in [0.2, 0.25) is 5.12 Å². The summed E-state index contributed by atoms with van der Waals surface area (Å²) in [4.78, 5) is 13.1. The van der Waals surface area contributed by atoms with Crippen molar-refractivity contribution in [2.45, 2.75) is 30.6 Å². The molecule has 0 aliphatic carbocycles. The lowest BCUT2D eigenvalue weighted by Gasteiger charge is -2.15. The van der Waals surface area contributed by atoms with Crippen LogP contribution in [0.15, 0.2) is 52.3 Å². The standard InChI is InChI=1S/C20H17NO3S2/c1-11-9-12(2)19(13(3)10-11)21-26(23,24)17-8-7-16-18-14(17)5-4-6-15(18)20(22)25-16/h4-10,21H,1-3H3. The molecule has 0 atom stereocenters. The number of hydrogen-bond donors (Lipinski definition) is 1. The van der Waals surface area contributed by atoms with Crippen molar-refractivity contribution >= 4 is 43.4 Å². The molecule has 1 aliphatic rings. The molecule has 132 valence electrons. The van der Waals surface area contributed by atoms with Crippen molar-refractivity contribution in [3.63, 3.8) is 0 Å². The summed E-state index contributed by atoms with van der Waals surface area (Å²) in [7, 11) is -3.79. The van der Waals surface area contributed by atoms with Crippen LogP contribution < -0.4 is 4.72 Å². The maximum atomic E-state index is 13.1. The number of carbonyl (C=O) groups is 1. The molecule has 0 amide bonds. The summed E-state index contributed by atoms with van der Waals surface area (Å²) < 4.78 is 29.0. The van der Waals surface area contributed by atoms with Crippen LogP contribution in [0.1, 0.15) is 27.0 Å².